The van der Waals surface area contributed by atoms with E-state index in [0.29, 0.717) is 11.8 Å². The van der Waals surface area contributed by atoms with Crippen molar-refractivity contribution in [3.63, 3.8) is 0 Å². The van der Waals surface area contributed by atoms with Gasteiger partial charge in [0.1, 0.15) is 0 Å². The highest BCUT2D eigenvalue weighted by Crippen LogP contribution is 2.24. The summed E-state index contributed by atoms with van der Waals surface area (Å²) in [5.74, 6) is 1.93. The Balaban J connectivity index is 2.03. The van der Waals surface area contributed by atoms with Gasteiger partial charge in [-0.05, 0) is 44.0 Å². The summed E-state index contributed by atoms with van der Waals surface area (Å²) in [6.45, 7) is 6.43. The quantitative estimate of drug-likeness (QED) is 0.875. The van der Waals surface area contributed by atoms with E-state index >= 15 is 0 Å². The summed E-state index contributed by atoms with van der Waals surface area (Å²) in [7, 11) is 0. The zero-order valence-corrected chi connectivity index (χ0v) is 10.9. The van der Waals surface area contributed by atoms with E-state index in [9.17, 15) is 0 Å². The summed E-state index contributed by atoms with van der Waals surface area (Å²) in [5, 5.41) is 16.6. The molecule has 2 aromatic rings. The van der Waals surface area contributed by atoms with Crippen LogP contribution in [0.2, 0.25) is 0 Å². The van der Waals surface area contributed by atoms with E-state index in [2.05, 4.69) is 34.5 Å². The first-order valence-electron chi connectivity index (χ1n) is 6.68. The SMILES string of the molecule is CC(C)c1ccc2nnc(C3CCNCC3)n2n1. The summed E-state index contributed by atoms with van der Waals surface area (Å²) < 4.78 is 1.94. The van der Waals surface area contributed by atoms with E-state index in [4.69, 9.17) is 0 Å². The standard InChI is InChI=1S/C13H19N5/c1-9(2)11-3-4-12-15-16-13(18(12)17-11)10-5-7-14-8-6-10/h3-4,9-10,14H,5-8H2,1-2H3. The van der Waals surface area contributed by atoms with Crippen LogP contribution in [0, 0.1) is 0 Å². The van der Waals surface area contributed by atoms with Gasteiger partial charge in [-0.15, -0.1) is 10.2 Å². The minimum atomic E-state index is 0.428. The molecule has 1 saturated heterocycles. The van der Waals surface area contributed by atoms with E-state index in [1.807, 2.05) is 16.6 Å². The van der Waals surface area contributed by atoms with Crippen molar-refractivity contribution in [1.29, 1.82) is 0 Å². The third kappa shape index (κ3) is 1.99. The first-order valence-corrected chi connectivity index (χ1v) is 6.68. The van der Waals surface area contributed by atoms with Gasteiger partial charge in [-0.2, -0.15) is 9.61 Å². The van der Waals surface area contributed by atoms with Crippen LogP contribution < -0.4 is 5.32 Å². The summed E-state index contributed by atoms with van der Waals surface area (Å²) in [5.41, 5.74) is 1.95. The van der Waals surface area contributed by atoms with Gasteiger partial charge in [0.15, 0.2) is 11.5 Å². The van der Waals surface area contributed by atoms with Gasteiger partial charge in [0.25, 0.3) is 0 Å². The van der Waals surface area contributed by atoms with Crippen LogP contribution in [-0.2, 0) is 0 Å². The molecule has 1 aliphatic rings. The lowest BCUT2D eigenvalue weighted by Gasteiger charge is -2.20. The molecule has 0 saturated carbocycles. The molecule has 18 heavy (non-hydrogen) atoms. The normalized spacial score (nSPS) is 17.7. The molecule has 5 nitrogen and oxygen atoms in total. The van der Waals surface area contributed by atoms with Crippen molar-refractivity contribution in [3.8, 4) is 0 Å². The lowest BCUT2D eigenvalue weighted by atomic mass is 9.97. The third-order valence-corrected chi connectivity index (χ3v) is 3.60. The highest BCUT2D eigenvalue weighted by molar-refractivity contribution is 5.37. The van der Waals surface area contributed by atoms with Crippen molar-refractivity contribution in [3.05, 3.63) is 23.7 Å². The van der Waals surface area contributed by atoms with Crippen molar-refractivity contribution < 1.29 is 0 Å². The van der Waals surface area contributed by atoms with Gasteiger partial charge in [-0.3, -0.25) is 0 Å². The van der Waals surface area contributed by atoms with Crippen molar-refractivity contribution in [1.82, 2.24) is 25.1 Å². The number of fused-ring (bicyclic) bond motifs is 1. The highest BCUT2D eigenvalue weighted by Gasteiger charge is 2.21. The van der Waals surface area contributed by atoms with Gasteiger partial charge >= 0.3 is 0 Å². The molecular weight excluding hydrogens is 226 g/mol. The van der Waals surface area contributed by atoms with Gasteiger partial charge in [0.05, 0.1) is 5.69 Å². The summed E-state index contributed by atoms with van der Waals surface area (Å²) in [4.78, 5) is 0. The lowest BCUT2D eigenvalue weighted by Crippen LogP contribution is -2.27. The Morgan fingerprint density at radius 3 is 2.72 bits per heavy atom. The number of nitrogens with one attached hydrogen (secondary N) is 1. The largest absolute Gasteiger partial charge is 0.317 e. The molecule has 3 heterocycles. The molecule has 0 aromatic carbocycles. The maximum absolute atomic E-state index is 4.68. The Bertz CT molecular complexity index is 539. The van der Waals surface area contributed by atoms with Gasteiger partial charge in [-0.25, -0.2) is 0 Å². The Kier molecular flexibility index (Phi) is 2.99. The minimum absolute atomic E-state index is 0.428. The number of rotatable bonds is 2. The van der Waals surface area contributed by atoms with Crippen LogP contribution in [0.25, 0.3) is 5.65 Å². The average Bonchev–Trinajstić information content (AvgIpc) is 2.82. The van der Waals surface area contributed by atoms with E-state index in [0.717, 1.165) is 43.1 Å². The molecule has 0 atom stereocenters. The van der Waals surface area contributed by atoms with Crippen LogP contribution in [0.4, 0.5) is 0 Å². The second-order valence-electron chi connectivity index (χ2n) is 5.27. The number of nitrogens with zero attached hydrogens (tertiary/aromatic N) is 4. The maximum Gasteiger partial charge on any atom is 0.177 e. The molecule has 1 N–H and O–H groups in total. The molecule has 0 bridgehead atoms. The van der Waals surface area contributed by atoms with Crippen molar-refractivity contribution in [2.24, 2.45) is 0 Å². The van der Waals surface area contributed by atoms with Crippen molar-refractivity contribution >= 4 is 5.65 Å². The monoisotopic (exact) mass is 245 g/mol. The molecule has 0 spiro atoms. The Hall–Kier alpha value is -1.49. The second-order valence-corrected chi connectivity index (χ2v) is 5.27. The molecule has 0 unspecified atom stereocenters. The summed E-state index contributed by atoms with van der Waals surface area (Å²) >= 11 is 0. The van der Waals surface area contributed by atoms with Gasteiger partial charge in [0.2, 0.25) is 0 Å². The van der Waals surface area contributed by atoms with Crippen LogP contribution in [0.1, 0.15) is 50.0 Å². The number of aromatic nitrogens is 4. The van der Waals surface area contributed by atoms with Gasteiger partial charge in [-0.1, -0.05) is 13.8 Å². The molecule has 0 aliphatic carbocycles. The number of hydrogen-bond donors (Lipinski definition) is 1. The number of piperidine rings is 1. The van der Waals surface area contributed by atoms with E-state index in [1.54, 1.807) is 0 Å². The molecule has 96 valence electrons. The Labute approximate surface area is 107 Å². The predicted octanol–water partition coefficient (Wildman–Crippen LogP) is 1.71. The molecule has 0 radical (unpaired) electrons. The fourth-order valence-corrected chi connectivity index (χ4v) is 2.46. The Morgan fingerprint density at radius 2 is 2.00 bits per heavy atom. The van der Waals surface area contributed by atoms with Crippen molar-refractivity contribution in [2.45, 2.75) is 38.5 Å². The smallest absolute Gasteiger partial charge is 0.177 e. The van der Waals surface area contributed by atoms with Crippen LogP contribution in [-0.4, -0.2) is 32.9 Å². The first kappa shape index (κ1) is 11.6. The van der Waals surface area contributed by atoms with Crippen LogP contribution >= 0.6 is 0 Å². The lowest BCUT2D eigenvalue weighted by molar-refractivity contribution is 0.438. The van der Waals surface area contributed by atoms with Crippen molar-refractivity contribution in [2.75, 3.05) is 13.1 Å². The second kappa shape index (κ2) is 4.65. The molecule has 5 heteroatoms. The van der Waals surface area contributed by atoms with Gasteiger partial charge in [0, 0.05) is 5.92 Å². The van der Waals surface area contributed by atoms with E-state index in [1.165, 1.54) is 0 Å². The Morgan fingerprint density at radius 1 is 1.22 bits per heavy atom. The average molecular weight is 245 g/mol. The molecule has 3 rings (SSSR count). The molecular formula is C13H19N5. The number of hydrogen-bond acceptors (Lipinski definition) is 4. The fraction of sp³-hybridized carbons (Fsp3) is 0.615. The van der Waals surface area contributed by atoms with E-state index < -0.39 is 0 Å². The predicted molar refractivity (Wildman–Crippen MR) is 69.7 cm³/mol. The molecule has 1 aliphatic heterocycles. The summed E-state index contributed by atoms with van der Waals surface area (Å²) in [6, 6.07) is 4.06. The molecule has 2 aromatic heterocycles. The molecule has 0 amide bonds. The van der Waals surface area contributed by atoms with E-state index in [-0.39, 0.29) is 0 Å². The highest BCUT2D eigenvalue weighted by atomic mass is 15.4. The zero-order chi connectivity index (χ0) is 12.5. The third-order valence-electron chi connectivity index (χ3n) is 3.60. The maximum atomic E-state index is 4.68. The topological polar surface area (TPSA) is 55.1 Å². The molecule has 1 fully saturated rings. The first-order chi connectivity index (χ1) is 8.75. The zero-order valence-electron chi connectivity index (χ0n) is 10.9. The summed E-state index contributed by atoms with van der Waals surface area (Å²) in [6.07, 6.45) is 2.24. The van der Waals surface area contributed by atoms with Crippen LogP contribution in [0.15, 0.2) is 12.1 Å². The minimum Gasteiger partial charge on any atom is -0.317 e. The van der Waals surface area contributed by atoms with Crippen LogP contribution in [0.5, 0.6) is 0 Å². The van der Waals surface area contributed by atoms with Gasteiger partial charge < -0.3 is 5.32 Å². The van der Waals surface area contributed by atoms with Crippen LogP contribution in [0.3, 0.4) is 0 Å². The fourth-order valence-electron chi connectivity index (χ4n) is 2.46.